The van der Waals surface area contributed by atoms with E-state index in [0.717, 1.165) is 38.5 Å². The molecule has 2 aliphatic heterocycles. The summed E-state index contributed by atoms with van der Waals surface area (Å²) in [5.41, 5.74) is -0.421. The zero-order valence-corrected chi connectivity index (χ0v) is 16.7. The van der Waals surface area contributed by atoms with Crippen LogP contribution in [0.5, 0.6) is 0 Å². The quantitative estimate of drug-likeness (QED) is 0.593. The maximum Gasteiger partial charge on any atom is 0.302 e. The standard InChI is InChI=1S/C22H32O5/c1-12(24)25-15-6-5-13-16-14(7-10-19(13,15)2)20(3)8-4-9-21(11-23)22(20,27-21)18-17(16)26-18/h13-18,23H,4-11H2,1-3H3/t13-,14-,15-,16-,17-,18-,19-,20+,21+,22+/m0/s1. The molecule has 27 heavy (non-hydrogen) atoms. The van der Waals surface area contributed by atoms with Crippen molar-refractivity contribution < 1.29 is 24.1 Å². The fraction of sp³-hybridized carbons (Fsp3) is 0.955. The smallest absolute Gasteiger partial charge is 0.302 e. The third-order valence-electron chi connectivity index (χ3n) is 10.0. The predicted octanol–water partition coefficient (Wildman–Crippen LogP) is 2.83. The first-order valence-electron chi connectivity index (χ1n) is 11.0. The summed E-state index contributed by atoms with van der Waals surface area (Å²) in [6.07, 6.45) is 8.17. The van der Waals surface area contributed by atoms with Crippen molar-refractivity contribution in [3.8, 4) is 0 Å². The van der Waals surface area contributed by atoms with Gasteiger partial charge in [-0.3, -0.25) is 4.79 Å². The Kier molecular flexibility index (Phi) is 3.13. The molecule has 0 aromatic carbocycles. The lowest BCUT2D eigenvalue weighted by Gasteiger charge is -2.58. The first-order valence-corrected chi connectivity index (χ1v) is 11.0. The van der Waals surface area contributed by atoms with E-state index in [9.17, 15) is 9.90 Å². The molecule has 2 heterocycles. The average molecular weight is 376 g/mol. The molecule has 6 fully saturated rings. The van der Waals surface area contributed by atoms with Crippen LogP contribution in [-0.4, -0.2) is 47.2 Å². The lowest BCUT2D eigenvalue weighted by Crippen LogP contribution is -2.63. The van der Waals surface area contributed by atoms with Gasteiger partial charge in [-0.05, 0) is 62.7 Å². The molecule has 4 saturated carbocycles. The molecule has 5 heteroatoms. The number of carbonyl (C=O) groups excluding carboxylic acids is 1. The number of rotatable bonds is 2. The Labute approximate surface area is 161 Å². The zero-order valence-electron chi connectivity index (χ0n) is 16.7. The first kappa shape index (κ1) is 17.2. The van der Waals surface area contributed by atoms with E-state index in [4.69, 9.17) is 14.2 Å². The summed E-state index contributed by atoms with van der Waals surface area (Å²) < 4.78 is 18.6. The number of epoxide rings is 2. The van der Waals surface area contributed by atoms with Gasteiger partial charge in [0.1, 0.15) is 23.4 Å². The van der Waals surface area contributed by atoms with Crippen LogP contribution in [0, 0.1) is 28.6 Å². The molecule has 0 bridgehead atoms. The lowest BCUT2D eigenvalue weighted by atomic mass is 9.43. The van der Waals surface area contributed by atoms with Crippen LogP contribution in [0.15, 0.2) is 0 Å². The third-order valence-corrected chi connectivity index (χ3v) is 10.0. The molecule has 2 saturated heterocycles. The molecular formula is C22H32O5. The van der Waals surface area contributed by atoms with Crippen LogP contribution in [-0.2, 0) is 19.0 Å². The SMILES string of the molecule is CC(=O)O[C@H]1CC[C@H]2[C@@H]3[C@@H]4O[C@@H]4[C@]45O[C@@]4(CO)CCC[C@]5(C)[C@H]3CC[C@]12C. The molecule has 6 aliphatic rings. The molecule has 10 atom stereocenters. The van der Waals surface area contributed by atoms with Crippen LogP contribution in [0.4, 0.5) is 0 Å². The first-order chi connectivity index (χ1) is 12.8. The van der Waals surface area contributed by atoms with E-state index < -0.39 is 0 Å². The number of fused-ring (bicyclic) bond motifs is 6. The summed E-state index contributed by atoms with van der Waals surface area (Å²) in [5, 5.41) is 10.2. The number of aliphatic hydroxyl groups excluding tert-OH is 1. The summed E-state index contributed by atoms with van der Waals surface area (Å²) in [5.74, 6) is 1.55. The van der Waals surface area contributed by atoms with Crippen molar-refractivity contribution in [2.75, 3.05) is 6.61 Å². The molecule has 0 aromatic heterocycles. The molecule has 150 valence electrons. The van der Waals surface area contributed by atoms with Crippen LogP contribution >= 0.6 is 0 Å². The number of hydrogen-bond donors (Lipinski definition) is 1. The van der Waals surface area contributed by atoms with E-state index in [1.54, 1.807) is 0 Å². The van der Waals surface area contributed by atoms with Crippen LogP contribution < -0.4 is 0 Å². The maximum absolute atomic E-state index is 11.6. The van der Waals surface area contributed by atoms with E-state index in [1.165, 1.54) is 13.3 Å². The Hall–Kier alpha value is -0.650. The number of carbonyl (C=O) groups is 1. The van der Waals surface area contributed by atoms with Crippen molar-refractivity contribution >= 4 is 5.97 Å². The van der Waals surface area contributed by atoms with Crippen LogP contribution in [0.1, 0.15) is 65.7 Å². The largest absolute Gasteiger partial charge is 0.462 e. The van der Waals surface area contributed by atoms with Crippen LogP contribution in [0.3, 0.4) is 0 Å². The summed E-state index contributed by atoms with van der Waals surface area (Å²) in [7, 11) is 0. The van der Waals surface area contributed by atoms with Gasteiger partial charge in [0.15, 0.2) is 0 Å². The minimum Gasteiger partial charge on any atom is -0.462 e. The molecule has 0 radical (unpaired) electrons. The molecular weight excluding hydrogens is 344 g/mol. The van der Waals surface area contributed by atoms with Gasteiger partial charge in [0.05, 0.1) is 12.7 Å². The van der Waals surface area contributed by atoms with Crippen molar-refractivity contribution in [3.05, 3.63) is 0 Å². The van der Waals surface area contributed by atoms with Gasteiger partial charge in [-0.1, -0.05) is 13.8 Å². The van der Waals surface area contributed by atoms with Gasteiger partial charge in [0.2, 0.25) is 0 Å². The number of aliphatic hydroxyl groups is 1. The maximum atomic E-state index is 11.6. The van der Waals surface area contributed by atoms with Crippen molar-refractivity contribution in [2.45, 2.75) is 95.2 Å². The number of ether oxygens (including phenoxy) is 3. The zero-order chi connectivity index (χ0) is 18.8. The minimum absolute atomic E-state index is 0.0573. The molecule has 1 N–H and O–H groups in total. The summed E-state index contributed by atoms with van der Waals surface area (Å²) in [4.78, 5) is 11.6. The molecule has 1 spiro atoms. The van der Waals surface area contributed by atoms with E-state index >= 15 is 0 Å². The minimum atomic E-state index is -0.346. The van der Waals surface area contributed by atoms with Crippen LogP contribution in [0.2, 0.25) is 0 Å². The van der Waals surface area contributed by atoms with Gasteiger partial charge in [0.25, 0.3) is 0 Å². The summed E-state index contributed by atoms with van der Waals surface area (Å²) in [6, 6.07) is 0. The Balaban J connectivity index is 1.37. The predicted molar refractivity (Wildman–Crippen MR) is 96.9 cm³/mol. The lowest BCUT2D eigenvalue weighted by molar-refractivity contribution is -0.159. The molecule has 5 nitrogen and oxygen atoms in total. The molecule has 0 unspecified atom stereocenters. The summed E-state index contributed by atoms with van der Waals surface area (Å²) in [6.45, 7) is 6.45. The van der Waals surface area contributed by atoms with Crippen molar-refractivity contribution in [1.82, 2.24) is 0 Å². The van der Waals surface area contributed by atoms with E-state index in [-0.39, 0.29) is 52.9 Å². The van der Waals surface area contributed by atoms with Gasteiger partial charge in [-0.15, -0.1) is 0 Å². The summed E-state index contributed by atoms with van der Waals surface area (Å²) >= 11 is 0. The highest BCUT2D eigenvalue weighted by molar-refractivity contribution is 5.66. The fourth-order valence-corrected chi connectivity index (χ4v) is 8.90. The van der Waals surface area contributed by atoms with Crippen molar-refractivity contribution in [1.29, 1.82) is 0 Å². The number of hydrogen-bond acceptors (Lipinski definition) is 5. The van der Waals surface area contributed by atoms with Gasteiger partial charge < -0.3 is 19.3 Å². The van der Waals surface area contributed by atoms with E-state index in [1.807, 2.05) is 0 Å². The topological polar surface area (TPSA) is 71.6 Å². The van der Waals surface area contributed by atoms with Crippen molar-refractivity contribution in [2.24, 2.45) is 28.6 Å². The highest BCUT2D eigenvalue weighted by Gasteiger charge is 2.90. The van der Waals surface area contributed by atoms with Gasteiger partial charge in [0, 0.05) is 17.8 Å². The highest BCUT2D eigenvalue weighted by Crippen LogP contribution is 2.79. The average Bonchev–Trinajstić information content (AvgIpc) is 3.50. The van der Waals surface area contributed by atoms with E-state index in [2.05, 4.69) is 13.8 Å². The number of esters is 1. The Morgan fingerprint density at radius 1 is 1.15 bits per heavy atom. The molecule has 4 aliphatic carbocycles. The van der Waals surface area contributed by atoms with Gasteiger partial charge in [-0.2, -0.15) is 0 Å². The molecule has 0 amide bonds. The van der Waals surface area contributed by atoms with Crippen molar-refractivity contribution in [3.63, 3.8) is 0 Å². The second kappa shape index (κ2) is 4.91. The van der Waals surface area contributed by atoms with Gasteiger partial charge >= 0.3 is 5.97 Å². The van der Waals surface area contributed by atoms with Gasteiger partial charge in [-0.25, -0.2) is 0 Å². The molecule has 0 aromatic rings. The second-order valence-electron chi connectivity index (χ2n) is 10.8. The second-order valence-corrected chi connectivity index (χ2v) is 10.8. The van der Waals surface area contributed by atoms with E-state index in [0.29, 0.717) is 17.8 Å². The Morgan fingerprint density at radius 2 is 1.96 bits per heavy atom. The molecule has 6 rings (SSSR count). The Morgan fingerprint density at radius 3 is 2.70 bits per heavy atom. The normalized spacial score (nSPS) is 62.4. The highest BCUT2D eigenvalue weighted by atomic mass is 16.7. The van der Waals surface area contributed by atoms with Crippen LogP contribution in [0.25, 0.3) is 0 Å². The third kappa shape index (κ3) is 1.73. The fourth-order valence-electron chi connectivity index (χ4n) is 8.90. The monoisotopic (exact) mass is 376 g/mol. The Bertz CT molecular complexity index is 709.